The van der Waals surface area contributed by atoms with Gasteiger partial charge in [0.25, 0.3) is 0 Å². The fraction of sp³-hybridized carbons (Fsp3) is 0.500. The van der Waals surface area contributed by atoms with Crippen LogP contribution in [-0.4, -0.2) is 43.1 Å². The molecule has 0 saturated carbocycles. The molecule has 0 unspecified atom stereocenters. The summed E-state index contributed by atoms with van der Waals surface area (Å²) in [5.74, 6) is 0.765. The number of hydrogen-bond acceptors (Lipinski definition) is 5. The van der Waals surface area contributed by atoms with Crippen LogP contribution in [0.1, 0.15) is 12.8 Å². The standard InChI is InChI=1S/C14H21NO3S/c16-10-8-15-9-11-18-14(17)7-4-12-19-13-5-2-1-3-6-13/h1-3,5-6,15-16H,4,7-12H2. The Balaban J connectivity index is 1.95. The summed E-state index contributed by atoms with van der Waals surface area (Å²) in [7, 11) is 0. The number of aliphatic hydroxyl groups is 1. The van der Waals surface area contributed by atoms with E-state index in [9.17, 15) is 4.79 Å². The Labute approximate surface area is 118 Å². The topological polar surface area (TPSA) is 58.6 Å². The molecule has 0 aromatic heterocycles. The first kappa shape index (κ1) is 16.0. The molecule has 0 spiro atoms. The van der Waals surface area contributed by atoms with Gasteiger partial charge < -0.3 is 15.2 Å². The monoisotopic (exact) mass is 283 g/mol. The maximum absolute atomic E-state index is 11.4. The van der Waals surface area contributed by atoms with E-state index in [-0.39, 0.29) is 12.6 Å². The minimum absolute atomic E-state index is 0.102. The van der Waals surface area contributed by atoms with Gasteiger partial charge in [-0.15, -0.1) is 11.8 Å². The van der Waals surface area contributed by atoms with Crippen LogP contribution in [0.15, 0.2) is 35.2 Å². The molecule has 0 bridgehead atoms. The number of thioether (sulfide) groups is 1. The number of carbonyl (C=O) groups is 1. The lowest BCUT2D eigenvalue weighted by molar-refractivity contribution is -0.143. The Morgan fingerprint density at radius 1 is 1.26 bits per heavy atom. The van der Waals surface area contributed by atoms with E-state index < -0.39 is 0 Å². The molecule has 0 atom stereocenters. The predicted molar refractivity (Wildman–Crippen MR) is 77.3 cm³/mol. The fourth-order valence-corrected chi connectivity index (χ4v) is 2.31. The first-order valence-electron chi connectivity index (χ1n) is 6.48. The van der Waals surface area contributed by atoms with Crippen molar-refractivity contribution in [3.8, 4) is 0 Å². The third-order valence-corrected chi connectivity index (χ3v) is 3.47. The maximum Gasteiger partial charge on any atom is 0.305 e. The zero-order valence-electron chi connectivity index (χ0n) is 11.0. The molecule has 2 N–H and O–H groups in total. The smallest absolute Gasteiger partial charge is 0.305 e. The normalized spacial score (nSPS) is 10.4. The van der Waals surface area contributed by atoms with Crippen LogP contribution in [0.3, 0.4) is 0 Å². The van der Waals surface area contributed by atoms with Gasteiger partial charge in [0.05, 0.1) is 6.61 Å². The highest BCUT2D eigenvalue weighted by molar-refractivity contribution is 7.99. The van der Waals surface area contributed by atoms with Gasteiger partial charge in [-0.1, -0.05) is 18.2 Å². The lowest BCUT2D eigenvalue weighted by Gasteiger charge is -2.05. The van der Waals surface area contributed by atoms with Crippen LogP contribution in [0.4, 0.5) is 0 Å². The molecule has 0 heterocycles. The summed E-state index contributed by atoms with van der Waals surface area (Å²) >= 11 is 1.75. The number of carbonyl (C=O) groups excluding carboxylic acids is 1. The van der Waals surface area contributed by atoms with E-state index in [4.69, 9.17) is 9.84 Å². The van der Waals surface area contributed by atoms with Gasteiger partial charge >= 0.3 is 5.97 Å². The van der Waals surface area contributed by atoms with Crippen molar-refractivity contribution < 1.29 is 14.6 Å². The van der Waals surface area contributed by atoms with Gasteiger partial charge in [0.1, 0.15) is 6.61 Å². The lowest BCUT2D eigenvalue weighted by Crippen LogP contribution is -2.24. The largest absolute Gasteiger partial charge is 0.464 e. The Morgan fingerprint density at radius 2 is 2.05 bits per heavy atom. The highest BCUT2D eigenvalue weighted by Gasteiger charge is 2.02. The summed E-state index contributed by atoms with van der Waals surface area (Å²) < 4.78 is 5.05. The van der Waals surface area contributed by atoms with E-state index in [1.165, 1.54) is 4.90 Å². The molecule has 0 aliphatic carbocycles. The van der Waals surface area contributed by atoms with Gasteiger partial charge in [0.2, 0.25) is 0 Å². The van der Waals surface area contributed by atoms with Gasteiger partial charge in [-0.05, 0) is 24.3 Å². The Kier molecular flexibility index (Phi) is 9.14. The number of aliphatic hydroxyl groups excluding tert-OH is 1. The third kappa shape index (κ3) is 8.64. The highest BCUT2D eigenvalue weighted by Crippen LogP contribution is 2.18. The van der Waals surface area contributed by atoms with E-state index in [1.807, 2.05) is 18.2 Å². The average molecular weight is 283 g/mol. The molecule has 1 aromatic carbocycles. The number of esters is 1. The van der Waals surface area contributed by atoms with Crippen molar-refractivity contribution in [1.29, 1.82) is 0 Å². The van der Waals surface area contributed by atoms with Gasteiger partial charge in [-0.2, -0.15) is 0 Å². The molecule has 0 radical (unpaired) electrons. The molecule has 5 heteroatoms. The Hall–Kier alpha value is -1.04. The lowest BCUT2D eigenvalue weighted by atomic mass is 10.3. The van der Waals surface area contributed by atoms with Crippen molar-refractivity contribution >= 4 is 17.7 Å². The SMILES string of the molecule is O=C(CCCSc1ccccc1)OCCNCCO. The number of benzene rings is 1. The Bertz CT molecular complexity index is 346. The quantitative estimate of drug-likeness (QED) is 0.389. The van der Waals surface area contributed by atoms with Crippen molar-refractivity contribution in [2.75, 3.05) is 32.1 Å². The third-order valence-electron chi connectivity index (χ3n) is 2.37. The first-order chi connectivity index (χ1) is 9.33. The first-order valence-corrected chi connectivity index (χ1v) is 7.46. The minimum Gasteiger partial charge on any atom is -0.464 e. The molecule has 0 aliphatic heterocycles. The molecular formula is C14H21NO3S. The van der Waals surface area contributed by atoms with E-state index in [1.54, 1.807) is 11.8 Å². The number of rotatable bonds is 10. The van der Waals surface area contributed by atoms with E-state index >= 15 is 0 Å². The van der Waals surface area contributed by atoms with Gasteiger partial charge in [-0.3, -0.25) is 4.79 Å². The van der Waals surface area contributed by atoms with E-state index in [0.717, 1.165) is 12.2 Å². The summed E-state index contributed by atoms with van der Waals surface area (Å²) in [6.45, 7) is 1.59. The van der Waals surface area contributed by atoms with Gasteiger partial charge in [0, 0.05) is 24.4 Å². The van der Waals surface area contributed by atoms with Crippen molar-refractivity contribution in [1.82, 2.24) is 5.32 Å². The summed E-state index contributed by atoms with van der Waals surface area (Å²) in [5, 5.41) is 11.5. The van der Waals surface area contributed by atoms with Crippen LogP contribution >= 0.6 is 11.8 Å². The second kappa shape index (κ2) is 10.8. The molecule has 0 aliphatic rings. The number of hydrogen-bond donors (Lipinski definition) is 2. The molecule has 19 heavy (non-hydrogen) atoms. The number of nitrogens with one attached hydrogen (secondary N) is 1. The van der Waals surface area contributed by atoms with Crippen LogP contribution < -0.4 is 5.32 Å². The van der Waals surface area contributed by atoms with Crippen molar-refractivity contribution in [3.63, 3.8) is 0 Å². The van der Waals surface area contributed by atoms with E-state index in [0.29, 0.717) is 26.1 Å². The average Bonchev–Trinajstić information content (AvgIpc) is 2.44. The molecule has 0 saturated heterocycles. The van der Waals surface area contributed by atoms with Crippen molar-refractivity contribution in [2.45, 2.75) is 17.7 Å². The summed E-state index contributed by atoms with van der Waals surface area (Å²) in [5.41, 5.74) is 0. The zero-order valence-corrected chi connectivity index (χ0v) is 11.8. The van der Waals surface area contributed by atoms with Crippen LogP contribution in [0, 0.1) is 0 Å². The highest BCUT2D eigenvalue weighted by atomic mass is 32.2. The minimum atomic E-state index is -0.153. The second-order valence-corrected chi connectivity index (χ2v) is 5.13. The summed E-state index contributed by atoms with van der Waals surface area (Å²) in [6, 6.07) is 10.1. The van der Waals surface area contributed by atoms with Crippen LogP contribution in [0.5, 0.6) is 0 Å². The molecule has 106 valence electrons. The summed E-state index contributed by atoms with van der Waals surface area (Å²) in [4.78, 5) is 12.6. The molecule has 4 nitrogen and oxygen atoms in total. The Morgan fingerprint density at radius 3 is 2.79 bits per heavy atom. The fourth-order valence-electron chi connectivity index (χ4n) is 1.44. The van der Waals surface area contributed by atoms with Crippen molar-refractivity contribution in [2.24, 2.45) is 0 Å². The molecular weight excluding hydrogens is 262 g/mol. The zero-order chi connectivity index (χ0) is 13.8. The number of ether oxygens (including phenoxy) is 1. The van der Waals surface area contributed by atoms with Gasteiger partial charge in [0.15, 0.2) is 0 Å². The maximum atomic E-state index is 11.4. The van der Waals surface area contributed by atoms with E-state index in [2.05, 4.69) is 17.4 Å². The van der Waals surface area contributed by atoms with Crippen LogP contribution in [0.25, 0.3) is 0 Å². The van der Waals surface area contributed by atoms with Crippen LogP contribution in [-0.2, 0) is 9.53 Å². The predicted octanol–water partition coefficient (Wildman–Crippen LogP) is 1.68. The molecule has 1 rings (SSSR count). The van der Waals surface area contributed by atoms with Crippen molar-refractivity contribution in [3.05, 3.63) is 30.3 Å². The van der Waals surface area contributed by atoms with Crippen LogP contribution in [0.2, 0.25) is 0 Å². The molecule has 0 fully saturated rings. The molecule has 1 aromatic rings. The molecule has 0 amide bonds. The summed E-state index contributed by atoms with van der Waals surface area (Å²) in [6.07, 6.45) is 1.28. The van der Waals surface area contributed by atoms with Gasteiger partial charge in [-0.25, -0.2) is 0 Å². The second-order valence-electron chi connectivity index (χ2n) is 3.96.